The number of hydrogen-bond acceptors (Lipinski definition) is 5. The molecule has 2 amide bonds. The second-order valence-electron chi connectivity index (χ2n) is 7.13. The summed E-state index contributed by atoms with van der Waals surface area (Å²) in [5.74, 6) is 0.865. The first-order chi connectivity index (χ1) is 16.0. The van der Waals surface area contributed by atoms with Gasteiger partial charge in [0.05, 0.1) is 7.11 Å². The third-order valence-electron chi connectivity index (χ3n) is 4.62. The number of benzene rings is 3. The fraction of sp³-hybridized carbons (Fsp3) is 0.154. The fourth-order valence-electron chi connectivity index (χ4n) is 2.91. The Labute approximate surface area is 192 Å². The summed E-state index contributed by atoms with van der Waals surface area (Å²) in [7, 11) is 1.49. The number of nitrogens with two attached hydrogens (primary N) is 1. The zero-order chi connectivity index (χ0) is 23.5. The molecule has 170 valence electrons. The van der Waals surface area contributed by atoms with E-state index in [-0.39, 0.29) is 12.5 Å². The molecule has 0 aromatic heterocycles. The molecule has 0 aliphatic heterocycles. The Hall–Kier alpha value is -4.26. The van der Waals surface area contributed by atoms with Gasteiger partial charge in [-0.2, -0.15) is 0 Å². The molecule has 0 spiro atoms. The Morgan fingerprint density at radius 1 is 0.909 bits per heavy atom. The molecule has 0 radical (unpaired) electrons. The van der Waals surface area contributed by atoms with Crippen LogP contribution in [0, 0.1) is 0 Å². The van der Waals surface area contributed by atoms with Gasteiger partial charge >= 0.3 is 0 Å². The van der Waals surface area contributed by atoms with Crippen LogP contribution in [0.5, 0.6) is 17.2 Å². The molecule has 7 heteroatoms. The van der Waals surface area contributed by atoms with Crippen molar-refractivity contribution in [3.63, 3.8) is 0 Å². The number of hydrogen-bond donors (Lipinski definition) is 2. The SMILES string of the molecule is COc1cc(/C=C/C(=O)NCc2ccc(COc3ccccc3)cc2)ccc1OCC(N)=O. The first kappa shape index (κ1) is 23.4. The number of carbonyl (C=O) groups excluding carboxylic acids is 2. The molecular formula is C26H26N2O5. The highest BCUT2D eigenvalue weighted by atomic mass is 16.5. The van der Waals surface area contributed by atoms with E-state index in [1.165, 1.54) is 13.2 Å². The molecule has 33 heavy (non-hydrogen) atoms. The predicted octanol–water partition coefficient (Wildman–Crippen LogP) is 3.47. The Morgan fingerprint density at radius 3 is 2.33 bits per heavy atom. The molecule has 3 N–H and O–H groups in total. The number of para-hydroxylation sites is 1. The van der Waals surface area contributed by atoms with Crippen LogP contribution in [0.2, 0.25) is 0 Å². The smallest absolute Gasteiger partial charge is 0.255 e. The number of rotatable bonds is 11. The molecule has 3 rings (SSSR count). The largest absolute Gasteiger partial charge is 0.493 e. The lowest BCUT2D eigenvalue weighted by molar-refractivity contribution is -0.120. The van der Waals surface area contributed by atoms with Gasteiger partial charge in [0.15, 0.2) is 18.1 Å². The van der Waals surface area contributed by atoms with Gasteiger partial charge in [-0.1, -0.05) is 48.5 Å². The molecule has 7 nitrogen and oxygen atoms in total. The van der Waals surface area contributed by atoms with Crippen LogP contribution in [-0.2, 0) is 22.7 Å². The molecule has 0 bridgehead atoms. The summed E-state index contributed by atoms with van der Waals surface area (Å²) < 4.78 is 16.3. The third kappa shape index (κ3) is 7.74. The van der Waals surface area contributed by atoms with Gasteiger partial charge in [-0.15, -0.1) is 0 Å². The molecular weight excluding hydrogens is 420 g/mol. The van der Waals surface area contributed by atoms with Crippen LogP contribution >= 0.6 is 0 Å². The Morgan fingerprint density at radius 2 is 1.64 bits per heavy atom. The lowest BCUT2D eigenvalue weighted by atomic mass is 10.1. The summed E-state index contributed by atoms with van der Waals surface area (Å²) >= 11 is 0. The Bertz CT molecular complexity index is 1100. The van der Waals surface area contributed by atoms with Crippen molar-refractivity contribution in [2.24, 2.45) is 5.73 Å². The van der Waals surface area contributed by atoms with Crippen LogP contribution in [0.15, 0.2) is 78.9 Å². The van der Waals surface area contributed by atoms with E-state index in [4.69, 9.17) is 19.9 Å². The maximum Gasteiger partial charge on any atom is 0.255 e. The second-order valence-corrected chi connectivity index (χ2v) is 7.13. The van der Waals surface area contributed by atoms with E-state index in [9.17, 15) is 9.59 Å². The first-order valence-electron chi connectivity index (χ1n) is 10.3. The Kier molecular flexibility index (Phi) is 8.48. The predicted molar refractivity (Wildman–Crippen MR) is 126 cm³/mol. The van der Waals surface area contributed by atoms with E-state index in [1.807, 2.05) is 54.6 Å². The van der Waals surface area contributed by atoms with Crippen LogP contribution in [0.1, 0.15) is 16.7 Å². The number of carbonyl (C=O) groups is 2. The van der Waals surface area contributed by atoms with Crippen molar-refractivity contribution in [2.45, 2.75) is 13.2 Å². The summed E-state index contributed by atoms with van der Waals surface area (Å²) in [4.78, 5) is 23.1. The van der Waals surface area contributed by atoms with Gasteiger partial charge in [-0.05, 0) is 47.0 Å². The first-order valence-corrected chi connectivity index (χ1v) is 10.3. The van der Waals surface area contributed by atoms with Crippen LogP contribution in [0.3, 0.4) is 0 Å². The van der Waals surface area contributed by atoms with Crippen molar-refractivity contribution in [2.75, 3.05) is 13.7 Å². The van der Waals surface area contributed by atoms with Crippen molar-refractivity contribution in [1.29, 1.82) is 0 Å². The van der Waals surface area contributed by atoms with Crippen LogP contribution < -0.4 is 25.3 Å². The average Bonchev–Trinajstić information content (AvgIpc) is 2.85. The topological polar surface area (TPSA) is 99.9 Å². The number of nitrogens with one attached hydrogen (secondary N) is 1. The highest BCUT2D eigenvalue weighted by Gasteiger charge is 2.06. The van der Waals surface area contributed by atoms with E-state index in [0.29, 0.717) is 24.7 Å². The average molecular weight is 447 g/mol. The lowest BCUT2D eigenvalue weighted by Crippen LogP contribution is -2.20. The quantitative estimate of drug-likeness (QED) is 0.440. The third-order valence-corrected chi connectivity index (χ3v) is 4.62. The van der Waals surface area contributed by atoms with Gasteiger partial charge in [0, 0.05) is 12.6 Å². The summed E-state index contributed by atoms with van der Waals surface area (Å²) in [5.41, 5.74) is 7.87. The molecule has 0 atom stereocenters. The number of primary amides is 1. The zero-order valence-electron chi connectivity index (χ0n) is 18.3. The van der Waals surface area contributed by atoms with Crippen molar-refractivity contribution < 1.29 is 23.8 Å². The number of methoxy groups -OCH3 is 1. The highest BCUT2D eigenvalue weighted by molar-refractivity contribution is 5.91. The normalized spacial score (nSPS) is 10.6. The minimum absolute atomic E-state index is 0.223. The zero-order valence-corrected chi connectivity index (χ0v) is 18.3. The standard InChI is InChI=1S/C26H26N2O5/c1-31-24-15-19(11-13-23(24)33-18-25(27)29)12-14-26(30)28-16-20-7-9-21(10-8-20)17-32-22-5-3-2-4-6-22/h2-15H,16-18H2,1H3,(H2,27,29)(H,28,30)/b14-12+. The molecule has 0 saturated heterocycles. The molecule has 0 aliphatic carbocycles. The van der Waals surface area contributed by atoms with E-state index in [2.05, 4.69) is 5.32 Å². The maximum atomic E-state index is 12.2. The van der Waals surface area contributed by atoms with Crippen molar-refractivity contribution in [1.82, 2.24) is 5.32 Å². The van der Waals surface area contributed by atoms with E-state index in [0.717, 1.165) is 22.4 Å². The fourth-order valence-corrected chi connectivity index (χ4v) is 2.91. The van der Waals surface area contributed by atoms with Gasteiger partial charge in [-0.25, -0.2) is 0 Å². The molecule has 0 unspecified atom stereocenters. The van der Waals surface area contributed by atoms with Crippen molar-refractivity contribution in [3.05, 3.63) is 95.6 Å². The van der Waals surface area contributed by atoms with Gasteiger partial charge in [0.2, 0.25) is 5.91 Å². The number of ether oxygens (including phenoxy) is 3. The maximum absolute atomic E-state index is 12.2. The summed E-state index contributed by atoms with van der Waals surface area (Å²) in [6, 6.07) is 22.6. The van der Waals surface area contributed by atoms with Gasteiger partial charge in [-0.3, -0.25) is 9.59 Å². The van der Waals surface area contributed by atoms with Crippen molar-refractivity contribution in [3.8, 4) is 17.2 Å². The van der Waals surface area contributed by atoms with E-state index in [1.54, 1.807) is 24.3 Å². The molecule has 0 fully saturated rings. The van der Waals surface area contributed by atoms with Crippen molar-refractivity contribution >= 4 is 17.9 Å². The summed E-state index contributed by atoms with van der Waals surface area (Å²) in [6.07, 6.45) is 3.11. The lowest BCUT2D eigenvalue weighted by Gasteiger charge is -2.10. The molecule has 0 heterocycles. The number of amides is 2. The van der Waals surface area contributed by atoms with E-state index < -0.39 is 5.91 Å². The highest BCUT2D eigenvalue weighted by Crippen LogP contribution is 2.28. The molecule has 3 aromatic rings. The van der Waals surface area contributed by atoms with Crippen LogP contribution in [-0.4, -0.2) is 25.5 Å². The molecule has 0 aliphatic rings. The summed E-state index contributed by atoms with van der Waals surface area (Å²) in [5, 5.41) is 2.85. The van der Waals surface area contributed by atoms with Gasteiger partial charge in [0.25, 0.3) is 5.91 Å². The van der Waals surface area contributed by atoms with Crippen LogP contribution in [0.4, 0.5) is 0 Å². The minimum atomic E-state index is -0.576. The van der Waals surface area contributed by atoms with Gasteiger partial charge < -0.3 is 25.3 Å². The second kappa shape index (κ2) is 12.0. The Balaban J connectivity index is 1.48. The van der Waals surface area contributed by atoms with E-state index >= 15 is 0 Å². The van der Waals surface area contributed by atoms with Gasteiger partial charge in [0.1, 0.15) is 12.4 Å². The van der Waals surface area contributed by atoms with Crippen LogP contribution in [0.25, 0.3) is 6.08 Å². The summed E-state index contributed by atoms with van der Waals surface area (Å²) in [6.45, 7) is 0.649. The molecule has 0 saturated carbocycles. The minimum Gasteiger partial charge on any atom is -0.493 e. The molecule has 3 aromatic carbocycles. The monoisotopic (exact) mass is 446 g/mol.